The molecule has 0 atom stereocenters. The van der Waals surface area contributed by atoms with Crippen LogP contribution in [0.4, 0.5) is 5.82 Å². The second kappa shape index (κ2) is 3.03. The Kier molecular flexibility index (Phi) is 2.00. The highest BCUT2D eigenvalue weighted by Crippen LogP contribution is 2.30. The van der Waals surface area contributed by atoms with Gasteiger partial charge in [-0.05, 0) is 12.8 Å². The molecule has 1 aromatic heterocycles. The molecule has 1 heterocycles. The van der Waals surface area contributed by atoms with Gasteiger partial charge in [0, 0.05) is 13.1 Å². The van der Waals surface area contributed by atoms with Crippen molar-refractivity contribution >= 4 is 17.4 Å². The standard InChI is InChI=1S/C8H10ClN3O/c1-12(5-2-3-5)7-6(9)8(13)11-4-10-7/h4-5H,2-3H2,1H3,(H,10,11,13). The Morgan fingerprint density at radius 2 is 2.38 bits per heavy atom. The number of rotatable bonds is 2. The third-order valence-corrected chi connectivity index (χ3v) is 2.55. The van der Waals surface area contributed by atoms with Gasteiger partial charge < -0.3 is 9.88 Å². The molecule has 1 saturated carbocycles. The van der Waals surface area contributed by atoms with Gasteiger partial charge >= 0.3 is 0 Å². The maximum atomic E-state index is 11.1. The number of nitrogens with one attached hydrogen (secondary N) is 1. The first-order valence-corrected chi connectivity index (χ1v) is 4.54. The summed E-state index contributed by atoms with van der Waals surface area (Å²) in [5.41, 5.74) is -0.279. The fourth-order valence-corrected chi connectivity index (χ4v) is 1.49. The summed E-state index contributed by atoms with van der Waals surface area (Å²) in [5.74, 6) is 0.577. The van der Waals surface area contributed by atoms with Crippen LogP contribution in [0.1, 0.15) is 12.8 Å². The van der Waals surface area contributed by atoms with Crippen molar-refractivity contribution < 1.29 is 0 Å². The highest BCUT2D eigenvalue weighted by atomic mass is 35.5. The predicted molar refractivity (Wildman–Crippen MR) is 51.3 cm³/mol. The Labute approximate surface area is 80.5 Å². The van der Waals surface area contributed by atoms with Crippen LogP contribution >= 0.6 is 11.6 Å². The van der Waals surface area contributed by atoms with E-state index in [2.05, 4.69) is 9.97 Å². The number of aromatic amines is 1. The van der Waals surface area contributed by atoms with E-state index in [9.17, 15) is 4.79 Å². The number of aromatic nitrogens is 2. The molecule has 0 aromatic carbocycles. The van der Waals surface area contributed by atoms with Gasteiger partial charge in [0.05, 0.1) is 6.33 Å². The van der Waals surface area contributed by atoms with Crippen LogP contribution in [-0.4, -0.2) is 23.1 Å². The van der Waals surface area contributed by atoms with Crippen LogP contribution in [0.2, 0.25) is 5.02 Å². The highest BCUT2D eigenvalue weighted by molar-refractivity contribution is 6.32. The minimum Gasteiger partial charge on any atom is -0.355 e. The minimum absolute atomic E-state index is 0.178. The lowest BCUT2D eigenvalue weighted by molar-refractivity contribution is 0.881. The van der Waals surface area contributed by atoms with E-state index in [1.165, 1.54) is 6.33 Å². The molecule has 1 aliphatic carbocycles. The van der Waals surface area contributed by atoms with E-state index in [0.717, 1.165) is 12.8 Å². The van der Waals surface area contributed by atoms with E-state index in [1.807, 2.05) is 11.9 Å². The molecule has 1 fully saturated rings. The van der Waals surface area contributed by atoms with Crippen molar-refractivity contribution in [2.24, 2.45) is 0 Å². The molecule has 1 N–H and O–H groups in total. The molecule has 2 rings (SSSR count). The zero-order chi connectivity index (χ0) is 9.42. The summed E-state index contributed by atoms with van der Waals surface area (Å²) in [6.07, 6.45) is 3.69. The Bertz CT molecular complexity index is 372. The molecule has 70 valence electrons. The molecule has 1 aliphatic rings. The maximum absolute atomic E-state index is 11.1. The summed E-state index contributed by atoms with van der Waals surface area (Å²) >= 11 is 5.81. The molecule has 1 aromatic rings. The van der Waals surface area contributed by atoms with Gasteiger partial charge in [-0.3, -0.25) is 4.79 Å². The molecule has 0 radical (unpaired) electrons. The lowest BCUT2D eigenvalue weighted by Gasteiger charge is -2.17. The van der Waals surface area contributed by atoms with Crippen molar-refractivity contribution in [3.8, 4) is 0 Å². The second-order valence-electron chi connectivity index (χ2n) is 3.21. The number of nitrogens with zero attached hydrogens (tertiary/aromatic N) is 2. The maximum Gasteiger partial charge on any atom is 0.271 e. The quantitative estimate of drug-likeness (QED) is 0.774. The first kappa shape index (κ1) is 8.56. The number of hydrogen-bond acceptors (Lipinski definition) is 3. The van der Waals surface area contributed by atoms with Gasteiger partial charge in [-0.25, -0.2) is 4.98 Å². The molecule has 13 heavy (non-hydrogen) atoms. The summed E-state index contributed by atoms with van der Waals surface area (Å²) in [6.45, 7) is 0. The summed E-state index contributed by atoms with van der Waals surface area (Å²) in [5, 5.41) is 0.178. The van der Waals surface area contributed by atoms with E-state index in [-0.39, 0.29) is 10.6 Å². The molecule has 0 spiro atoms. The van der Waals surface area contributed by atoms with Crippen LogP contribution in [0.3, 0.4) is 0 Å². The minimum atomic E-state index is -0.279. The van der Waals surface area contributed by atoms with Gasteiger partial charge in [-0.15, -0.1) is 0 Å². The molecule has 0 amide bonds. The van der Waals surface area contributed by atoms with Gasteiger partial charge in [0.15, 0.2) is 5.82 Å². The molecule has 5 heteroatoms. The van der Waals surface area contributed by atoms with E-state index in [1.54, 1.807) is 0 Å². The summed E-state index contributed by atoms with van der Waals surface area (Å²) in [7, 11) is 1.91. The third-order valence-electron chi connectivity index (χ3n) is 2.21. The number of hydrogen-bond donors (Lipinski definition) is 1. The van der Waals surface area contributed by atoms with E-state index >= 15 is 0 Å². The second-order valence-corrected chi connectivity index (χ2v) is 3.59. The van der Waals surface area contributed by atoms with Gasteiger partial charge in [-0.1, -0.05) is 11.6 Å². The molecular formula is C8H10ClN3O. The Morgan fingerprint density at radius 1 is 1.69 bits per heavy atom. The third kappa shape index (κ3) is 1.54. The van der Waals surface area contributed by atoms with E-state index in [4.69, 9.17) is 11.6 Å². The lowest BCUT2D eigenvalue weighted by atomic mass is 10.5. The van der Waals surface area contributed by atoms with Crippen LogP contribution in [0.5, 0.6) is 0 Å². The summed E-state index contributed by atoms with van der Waals surface area (Å²) < 4.78 is 0. The fourth-order valence-electron chi connectivity index (χ4n) is 1.25. The molecule has 0 saturated heterocycles. The van der Waals surface area contributed by atoms with Crippen LogP contribution < -0.4 is 10.5 Å². The first-order chi connectivity index (χ1) is 6.20. The van der Waals surface area contributed by atoms with Crippen LogP contribution in [-0.2, 0) is 0 Å². The summed E-state index contributed by atoms with van der Waals surface area (Å²) in [4.78, 5) is 19.6. The Hall–Kier alpha value is -1.03. The molecule has 0 bridgehead atoms. The fraction of sp³-hybridized carbons (Fsp3) is 0.500. The Balaban J connectivity index is 2.38. The number of H-pyrrole nitrogens is 1. The van der Waals surface area contributed by atoms with Gasteiger partial charge in [0.2, 0.25) is 0 Å². The SMILES string of the molecule is CN(c1nc[nH]c(=O)c1Cl)C1CC1. The topological polar surface area (TPSA) is 49.0 Å². The monoisotopic (exact) mass is 199 g/mol. The van der Waals surface area contributed by atoms with Crippen LogP contribution in [0, 0.1) is 0 Å². The van der Waals surface area contributed by atoms with Crippen molar-refractivity contribution in [2.45, 2.75) is 18.9 Å². The molecule has 0 aliphatic heterocycles. The van der Waals surface area contributed by atoms with Crippen molar-refractivity contribution in [3.63, 3.8) is 0 Å². The lowest BCUT2D eigenvalue weighted by Crippen LogP contribution is -2.23. The smallest absolute Gasteiger partial charge is 0.271 e. The van der Waals surface area contributed by atoms with Crippen LogP contribution in [0.15, 0.2) is 11.1 Å². The average molecular weight is 200 g/mol. The van der Waals surface area contributed by atoms with Crippen LogP contribution in [0.25, 0.3) is 0 Å². The van der Waals surface area contributed by atoms with Gasteiger partial charge in [0.25, 0.3) is 5.56 Å². The van der Waals surface area contributed by atoms with E-state index in [0.29, 0.717) is 11.9 Å². The zero-order valence-corrected chi connectivity index (χ0v) is 8.01. The zero-order valence-electron chi connectivity index (χ0n) is 7.25. The number of halogens is 1. The number of anilines is 1. The van der Waals surface area contributed by atoms with E-state index < -0.39 is 0 Å². The predicted octanol–water partition coefficient (Wildman–Crippen LogP) is 1.02. The summed E-state index contributed by atoms with van der Waals surface area (Å²) in [6, 6.07) is 0.506. The highest BCUT2D eigenvalue weighted by Gasteiger charge is 2.28. The molecule has 0 unspecified atom stereocenters. The van der Waals surface area contributed by atoms with Crippen molar-refractivity contribution in [3.05, 3.63) is 21.7 Å². The van der Waals surface area contributed by atoms with Crippen molar-refractivity contribution in [2.75, 3.05) is 11.9 Å². The molecular weight excluding hydrogens is 190 g/mol. The van der Waals surface area contributed by atoms with Gasteiger partial charge in [0.1, 0.15) is 5.02 Å². The Morgan fingerprint density at radius 3 is 3.00 bits per heavy atom. The van der Waals surface area contributed by atoms with Crippen molar-refractivity contribution in [1.82, 2.24) is 9.97 Å². The van der Waals surface area contributed by atoms with Gasteiger partial charge in [-0.2, -0.15) is 0 Å². The first-order valence-electron chi connectivity index (χ1n) is 4.16. The largest absolute Gasteiger partial charge is 0.355 e. The van der Waals surface area contributed by atoms with Crippen molar-refractivity contribution in [1.29, 1.82) is 0 Å². The molecule has 4 nitrogen and oxygen atoms in total. The normalized spacial score (nSPS) is 15.8. The average Bonchev–Trinajstić information content (AvgIpc) is 2.91.